The minimum atomic E-state index is -0.899. The lowest BCUT2D eigenvalue weighted by Crippen LogP contribution is -2.44. The van der Waals surface area contributed by atoms with E-state index in [0.29, 0.717) is 11.3 Å². The van der Waals surface area contributed by atoms with E-state index in [9.17, 15) is 24.8 Å². The van der Waals surface area contributed by atoms with Crippen molar-refractivity contribution in [2.75, 3.05) is 18.6 Å². The van der Waals surface area contributed by atoms with Crippen molar-refractivity contribution >= 4 is 35.2 Å². The van der Waals surface area contributed by atoms with Crippen molar-refractivity contribution < 1.29 is 24.4 Å². The molecule has 1 aromatic rings. The summed E-state index contributed by atoms with van der Waals surface area (Å²) in [5.74, 6) is -1.35. The highest BCUT2D eigenvalue weighted by Crippen LogP contribution is 2.33. The summed E-state index contributed by atoms with van der Waals surface area (Å²) in [6, 6.07) is 2.17. The van der Waals surface area contributed by atoms with Crippen LogP contribution in [-0.4, -0.2) is 46.4 Å². The molecule has 2 atom stereocenters. The molecule has 0 saturated heterocycles. The van der Waals surface area contributed by atoms with Gasteiger partial charge in [0.05, 0.1) is 11.0 Å². The maximum atomic E-state index is 12.4. The number of rotatable bonds is 6. The van der Waals surface area contributed by atoms with Crippen LogP contribution in [-0.2, 0) is 9.53 Å². The number of phenols is 1. The van der Waals surface area contributed by atoms with Crippen molar-refractivity contribution in [2.24, 2.45) is 10.9 Å². The van der Waals surface area contributed by atoms with Crippen LogP contribution < -0.4 is 5.32 Å². The third kappa shape index (κ3) is 4.27. The summed E-state index contributed by atoms with van der Waals surface area (Å²) >= 11 is 1.52. The van der Waals surface area contributed by atoms with Crippen molar-refractivity contribution in [3.63, 3.8) is 0 Å². The van der Waals surface area contributed by atoms with E-state index < -0.39 is 40.3 Å². The molecule has 2 unspecified atom stereocenters. The molecule has 2 amide bonds. The van der Waals surface area contributed by atoms with Gasteiger partial charge in [0.2, 0.25) is 0 Å². The second-order valence-electron chi connectivity index (χ2n) is 5.32. The molecule has 1 heterocycles. The summed E-state index contributed by atoms with van der Waals surface area (Å²) in [7, 11) is 0. The quantitative estimate of drug-likeness (QED) is 0.340. The van der Waals surface area contributed by atoms with Crippen LogP contribution >= 0.6 is 11.8 Å². The number of carbonyl (C=O) groups excluding carboxylic acids is 2. The van der Waals surface area contributed by atoms with E-state index in [1.165, 1.54) is 24.8 Å². The number of carbonyl (C=O) groups is 2. The number of aliphatic imine (C=N–C) groups is 1. The van der Waals surface area contributed by atoms with E-state index in [-0.39, 0.29) is 12.3 Å². The number of nitro groups is 1. The predicted molar refractivity (Wildman–Crippen MR) is 92.0 cm³/mol. The van der Waals surface area contributed by atoms with Gasteiger partial charge in [-0.15, -0.1) is 0 Å². The number of amides is 2. The largest absolute Gasteiger partial charge is 0.502 e. The summed E-state index contributed by atoms with van der Waals surface area (Å²) < 4.78 is 5.21. The van der Waals surface area contributed by atoms with E-state index in [2.05, 4.69) is 10.3 Å². The van der Waals surface area contributed by atoms with Gasteiger partial charge in [-0.25, -0.2) is 9.79 Å². The second kappa shape index (κ2) is 7.97. The number of hydrogen-bond acceptors (Lipinski definition) is 7. The molecule has 2 rings (SSSR count). The first kappa shape index (κ1) is 18.7. The number of hydrogen-bond donors (Lipinski definition) is 2. The molecule has 0 aliphatic carbocycles. The Morgan fingerprint density at radius 2 is 2.24 bits per heavy atom. The molecule has 1 aromatic carbocycles. The molecule has 0 fully saturated rings. The monoisotopic (exact) mass is 367 g/mol. The van der Waals surface area contributed by atoms with Crippen molar-refractivity contribution in [1.29, 1.82) is 0 Å². The molecule has 1 aliphatic heterocycles. The van der Waals surface area contributed by atoms with Gasteiger partial charge in [-0.2, -0.15) is 11.8 Å². The Morgan fingerprint density at radius 1 is 1.52 bits per heavy atom. The number of phenolic OH excluding ortho intramolecular Hbond substituents is 1. The summed E-state index contributed by atoms with van der Waals surface area (Å²) in [6.07, 6.45) is 1.87. The number of benzene rings is 1. The van der Waals surface area contributed by atoms with Crippen molar-refractivity contribution in [2.45, 2.75) is 13.0 Å². The summed E-state index contributed by atoms with van der Waals surface area (Å²) in [6.45, 7) is 1.74. The van der Waals surface area contributed by atoms with Crippen LogP contribution in [0.4, 0.5) is 10.5 Å². The van der Waals surface area contributed by atoms with E-state index in [0.717, 1.165) is 12.1 Å². The Hall–Kier alpha value is -2.62. The number of nitrogens with one attached hydrogen (secondary N) is 1. The van der Waals surface area contributed by atoms with Crippen LogP contribution in [0.25, 0.3) is 0 Å². The van der Waals surface area contributed by atoms with Gasteiger partial charge in [-0.05, 0) is 24.8 Å². The minimum absolute atomic E-state index is 0.209. The SMILES string of the molecule is CSCCOC(=O)C1C(C)=NC(=O)NC1c1ccc(O)c([N+](=O)[O-])c1. The first-order valence-corrected chi connectivity index (χ1v) is 8.73. The highest BCUT2D eigenvalue weighted by Gasteiger charge is 2.38. The lowest BCUT2D eigenvalue weighted by Gasteiger charge is -2.29. The number of nitro benzene ring substituents is 1. The van der Waals surface area contributed by atoms with Gasteiger partial charge in [0, 0.05) is 17.5 Å². The zero-order valence-corrected chi connectivity index (χ0v) is 14.4. The average Bonchev–Trinajstić information content (AvgIpc) is 2.54. The van der Waals surface area contributed by atoms with Gasteiger partial charge in [0.15, 0.2) is 5.75 Å². The van der Waals surface area contributed by atoms with Gasteiger partial charge in [0.25, 0.3) is 0 Å². The number of esters is 1. The zero-order valence-electron chi connectivity index (χ0n) is 13.6. The van der Waals surface area contributed by atoms with Gasteiger partial charge in [-0.3, -0.25) is 14.9 Å². The topological polar surface area (TPSA) is 131 Å². The Kier molecular flexibility index (Phi) is 5.97. The Balaban J connectivity index is 2.37. The molecule has 0 bridgehead atoms. The van der Waals surface area contributed by atoms with Crippen LogP contribution in [0.2, 0.25) is 0 Å². The van der Waals surface area contributed by atoms with E-state index >= 15 is 0 Å². The first-order chi connectivity index (χ1) is 11.8. The Labute approximate surface area is 147 Å². The van der Waals surface area contributed by atoms with E-state index in [1.54, 1.807) is 0 Å². The number of ether oxygens (including phenoxy) is 1. The third-order valence-electron chi connectivity index (χ3n) is 3.68. The fourth-order valence-corrected chi connectivity index (χ4v) is 2.75. The van der Waals surface area contributed by atoms with E-state index in [4.69, 9.17) is 4.74 Å². The van der Waals surface area contributed by atoms with Gasteiger partial charge < -0.3 is 15.2 Å². The second-order valence-corrected chi connectivity index (χ2v) is 6.31. The molecule has 1 aliphatic rings. The average molecular weight is 367 g/mol. The summed E-state index contributed by atoms with van der Waals surface area (Å²) in [5, 5.41) is 23.1. The van der Waals surface area contributed by atoms with Crippen LogP contribution in [0.5, 0.6) is 5.75 Å². The lowest BCUT2D eigenvalue weighted by atomic mass is 9.88. The molecule has 0 aromatic heterocycles. The summed E-state index contributed by atoms with van der Waals surface area (Å²) in [4.78, 5) is 38.2. The van der Waals surface area contributed by atoms with Crippen LogP contribution in [0.3, 0.4) is 0 Å². The van der Waals surface area contributed by atoms with E-state index in [1.807, 2.05) is 6.26 Å². The number of thioether (sulfide) groups is 1. The Bertz CT molecular complexity index is 736. The maximum Gasteiger partial charge on any atom is 0.341 e. The standard InChI is InChI=1S/C15H17N3O6S/c1-8-12(14(20)24-5-6-25-2)13(17-15(21)16-8)9-3-4-11(19)10(7-9)18(22)23/h3-4,7,12-13,19H,5-6H2,1-2H3,(H,17,21). The van der Waals surface area contributed by atoms with Gasteiger partial charge in [-0.1, -0.05) is 6.07 Å². The molecule has 0 spiro atoms. The summed E-state index contributed by atoms with van der Waals surface area (Å²) in [5.41, 5.74) is 0.0546. The number of aromatic hydroxyl groups is 1. The minimum Gasteiger partial charge on any atom is -0.502 e. The number of urea groups is 1. The molecular weight excluding hydrogens is 350 g/mol. The normalized spacial score (nSPS) is 19.8. The molecule has 9 nitrogen and oxygen atoms in total. The van der Waals surface area contributed by atoms with Crippen molar-refractivity contribution in [1.82, 2.24) is 5.32 Å². The number of nitrogens with zero attached hydrogens (tertiary/aromatic N) is 2. The fourth-order valence-electron chi connectivity index (χ4n) is 2.50. The first-order valence-electron chi connectivity index (χ1n) is 7.33. The molecule has 25 heavy (non-hydrogen) atoms. The molecule has 10 heteroatoms. The smallest absolute Gasteiger partial charge is 0.341 e. The highest BCUT2D eigenvalue weighted by atomic mass is 32.2. The maximum absolute atomic E-state index is 12.4. The third-order valence-corrected chi connectivity index (χ3v) is 4.26. The molecule has 0 radical (unpaired) electrons. The fraction of sp³-hybridized carbons (Fsp3) is 0.400. The van der Waals surface area contributed by atoms with Crippen molar-refractivity contribution in [3.05, 3.63) is 33.9 Å². The van der Waals surface area contributed by atoms with Gasteiger partial charge >= 0.3 is 17.7 Å². The lowest BCUT2D eigenvalue weighted by molar-refractivity contribution is -0.385. The van der Waals surface area contributed by atoms with Crippen molar-refractivity contribution in [3.8, 4) is 5.75 Å². The molecular formula is C15H17N3O6S. The van der Waals surface area contributed by atoms with Gasteiger partial charge in [0.1, 0.15) is 12.5 Å². The molecule has 2 N–H and O–H groups in total. The molecule has 134 valence electrons. The predicted octanol–water partition coefficient (Wildman–Crippen LogP) is 2.05. The van der Waals surface area contributed by atoms with Crippen LogP contribution in [0.15, 0.2) is 23.2 Å². The van der Waals surface area contributed by atoms with Crippen LogP contribution in [0.1, 0.15) is 18.5 Å². The zero-order chi connectivity index (χ0) is 18.6. The Morgan fingerprint density at radius 3 is 2.88 bits per heavy atom. The molecule has 0 saturated carbocycles. The van der Waals surface area contributed by atoms with Crippen LogP contribution in [0, 0.1) is 16.0 Å². The highest BCUT2D eigenvalue weighted by molar-refractivity contribution is 7.98.